The van der Waals surface area contributed by atoms with Crippen LogP contribution in [-0.4, -0.2) is 27.0 Å². The number of carbonyl (C=O) groups is 2. The molecule has 0 aromatic heterocycles. The molecule has 5 heteroatoms. The van der Waals surface area contributed by atoms with Crippen molar-refractivity contribution in [3.63, 3.8) is 0 Å². The fourth-order valence-electron chi connectivity index (χ4n) is 2.22. The van der Waals surface area contributed by atoms with Gasteiger partial charge in [0.1, 0.15) is 0 Å². The Bertz CT molecular complexity index is 447. The van der Waals surface area contributed by atoms with Crippen LogP contribution in [0, 0.1) is 11.8 Å². The highest BCUT2D eigenvalue weighted by molar-refractivity contribution is 6.36. The van der Waals surface area contributed by atoms with Crippen LogP contribution in [0.5, 0.6) is 0 Å². The standard InChI is InChI=1S/C12H13ClO4/c1-6-9(10(14)15)8(7-2-3-7)4-5-12(6,13)11(16)17/h4-7H,2-3H2,1H3,(H,14,15)(H,16,17). The maximum atomic E-state index is 11.3. The molecule has 0 amide bonds. The molecule has 17 heavy (non-hydrogen) atoms. The largest absolute Gasteiger partial charge is 0.480 e. The molecule has 0 aliphatic heterocycles. The first-order valence-corrected chi connectivity index (χ1v) is 5.84. The quantitative estimate of drug-likeness (QED) is 0.758. The van der Waals surface area contributed by atoms with Gasteiger partial charge < -0.3 is 10.2 Å². The number of alkyl halides is 1. The molecule has 2 aliphatic rings. The van der Waals surface area contributed by atoms with E-state index in [2.05, 4.69) is 0 Å². The monoisotopic (exact) mass is 256 g/mol. The van der Waals surface area contributed by atoms with Crippen LogP contribution in [-0.2, 0) is 9.59 Å². The highest BCUT2D eigenvalue weighted by atomic mass is 35.5. The van der Waals surface area contributed by atoms with Gasteiger partial charge in [0, 0.05) is 11.5 Å². The number of rotatable bonds is 3. The molecule has 2 rings (SSSR count). The SMILES string of the molecule is CC1C(C(=O)O)=C(C2CC2)C=CC1(Cl)C(=O)O. The lowest BCUT2D eigenvalue weighted by Crippen LogP contribution is -2.41. The van der Waals surface area contributed by atoms with Gasteiger partial charge in [0.2, 0.25) is 0 Å². The number of aliphatic carboxylic acids is 2. The minimum atomic E-state index is -1.65. The number of carboxylic acids is 2. The average molecular weight is 257 g/mol. The second-order valence-electron chi connectivity index (χ2n) is 4.58. The van der Waals surface area contributed by atoms with Gasteiger partial charge in [0.25, 0.3) is 0 Å². The summed E-state index contributed by atoms with van der Waals surface area (Å²) in [5, 5.41) is 18.3. The minimum Gasteiger partial charge on any atom is -0.480 e. The van der Waals surface area contributed by atoms with Gasteiger partial charge in [0.05, 0.1) is 0 Å². The molecule has 0 aromatic rings. The summed E-state index contributed by atoms with van der Waals surface area (Å²) in [4.78, 5) is 20.8. The minimum absolute atomic E-state index is 0.146. The Hall–Kier alpha value is -1.29. The van der Waals surface area contributed by atoms with Crippen molar-refractivity contribution in [1.29, 1.82) is 0 Å². The van der Waals surface area contributed by atoms with Crippen molar-refractivity contribution in [2.45, 2.75) is 24.6 Å². The molecular weight excluding hydrogens is 244 g/mol. The molecular formula is C12H13ClO4. The molecule has 4 nitrogen and oxygen atoms in total. The van der Waals surface area contributed by atoms with Crippen molar-refractivity contribution >= 4 is 23.5 Å². The summed E-state index contributed by atoms with van der Waals surface area (Å²) in [5.74, 6) is -2.76. The highest BCUT2D eigenvalue weighted by Crippen LogP contribution is 2.46. The number of hydrogen-bond acceptors (Lipinski definition) is 2. The van der Waals surface area contributed by atoms with E-state index < -0.39 is 22.7 Å². The predicted octanol–water partition coefficient (Wildman–Crippen LogP) is 2.05. The third-order valence-corrected chi connectivity index (χ3v) is 4.07. The summed E-state index contributed by atoms with van der Waals surface area (Å²) in [6.07, 6.45) is 4.90. The van der Waals surface area contributed by atoms with Gasteiger partial charge in [-0.3, -0.25) is 0 Å². The van der Waals surface area contributed by atoms with Crippen molar-refractivity contribution in [2.24, 2.45) is 11.8 Å². The Labute approximate surface area is 104 Å². The van der Waals surface area contributed by atoms with Gasteiger partial charge in [-0.25, -0.2) is 9.59 Å². The Morgan fingerprint density at radius 2 is 2.00 bits per heavy atom. The van der Waals surface area contributed by atoms with Crippen LogP contribution < -0.4 is 0 Å². The molecule has 1 saturated carbocycles. The first kappa shape index (κ1) is 12.2. The molecule has 2 aliphatic carbocycles. The molecule has 1 fully saturated rings. The van der Waals surface area contributed by atoms with Crippen LogP contribution in [0.4, 0.5) is 0 Å². The molecule has 2 N–H and O–H groups in total. The van der Waals surface area contributed by atoms with Crippen LogP contribution >= 0.6 is 11.6 Å². The van der Waals surface area contributed by atoms with E-state index in [9.17, 15) is 14.7 Å². The maximum absolute atomic E-state index is 11.3. The lowest BCUT2D eigenvalue weighted by Gasteiger charge is -2.31. The van der Waals surface area contributed by atoms with Gasteiger partial charge in [0.15, 0.2) is 4.87 Å². The van der Waals surface area contributed by atoms with Gasteiger partial charge in [-0.05, 0) is 24.3 Å². The molecule has 2 unspecified atom stereocenters. The van der Waals surface area contributed by atoms with Gasteiger partial charge in [-0.1, -0.05) is 19.1 Å². The molecule has 0 bridgehead atoms. The van der Waals surface area contributed by atoms with Crippen molar-refractivity contribution in [2.75, 3.05) is 0 Å². The number of halogens is 1. The van der Waals surface area contributed by atoms with Gasteiger partial charge >= 0.3 is 11.9 Å². The summed E-state index contributed by atoms with van der Waals surface area (Å²) < 4.78 is 0. The van der Waals surface area contributed by atoms with Crippen LogP contribution in [0.2, 0.25) is 0 Å². The molecule has 0 radical (unpaired) electrons. The molecule has 92 valence electrons. The third kappa shape index (κ3) is 1.86. The summed E-state index contributed by atoms with van der Waals surface area (Å²) in [6.45, 7) is 1.55. The van der Waals surface area contributed by atoms with E-state index in [0.717, 1.165) is 18.4 Å². The summed E-state index contributed by atoms with van der Waals surface area (Å²) >= 11 is 6.01. The Morgan fingerprint density at radius 1 is 1.41 bits per heavy atom. The fraction of sp³-hybridized carbons (Fsp3) is 0.500. The zero-order chi connectivity index (χ0) is 12.8. The van der Waals surface area contributed by atoms with E-state index in [1.807, 2.05) is 0 Å². The van der Waals surface area contributed by atoms with E-state index in [4.69, 9.17) is 16.7 Å². The average Bonchev–Trinajstić information content (AvgIpc) is 3.04. The topological polar surface area (TPSA) is 74.6 Å². The second kappa shape index (κ2) is 3.88. The predicted molar refractivity (Wildman–Crippen MR) is 61.9 cm³/mol. The van der Waals surface area contributed by atoms with Crippen molar-refractivity contribution in [3.05, 3.63) is 23.3 Å². The summed E-state index contributed by atoms with van der Waals surface area (Å²) in [7, 11) is 0. The van der Waals surface area contributed by atoms with E-state index in [-0.39, 0.29) is 11.5 Å². The third-order valence-electron chi connectivity index (χ3n) is 3.45. The zero-order valence-corrected chi connectivity index (χ0v) is 10.1. The van der Waals surface area contributed by atoms with Crippen LogP contribution in [0.25, 0.3) is 0 Å². The number of hydrogen-bond donors (Lipinski definition) is 2. The van der Waals surface area contributed by atoms with Gasteiger partial charge in [-0.2, -0.15) is 0 Å². The summed E-state index contributed by atoms with van der Waals surface area (Å²) in [6, 6.07) is 0. The van der Waals surface area contributed by atoms with Crippen LogP contribution in [0.1, 0.15) is 19.8 Å². The Balaban J connectivity index is 2.47. The first-order chi connectivity index (χ1) is 7.88. The van der Waals surface area contributed by atoms with Crippen molar-refractivity contribution < 1.29 is 19.8 Å². The maximum Gasteiger partial charge on any atom is 0.332 e. The van der Waals surface area contributed by atoms with Crippen LogP contribution in [0.3, 0.4) is 0 Å². The molecule has 0 saturated heterocycles. The van der Waals surface area contributed by atoms with Crippen molar-refractivity contribution in [1.82, 2.24) is 0 Å². The van der Waals surface area contributed by atoms with Crippen molar-refractivity contribution in [3.8, 4) is 0 Å². The lowest BCUT2D eigenvalue weighted by atomic mass is 9.78. The first-order valence-electron chi connectivity index (χ1n) is 5.46. The molecule has 0 spiro atoms. The second-order valence-corrected chi connectivity index (χ2v) is 5.20. The normalized spacial score (nSPS) is 32.7. The Morgan fingerprint density at radius 3 is 2.41 bits per heavy atom. The molecule has 2 atom stereocenters. The van der Waals surface area contributed by atoms with E-state index in [1.165, 1.54) is 6.08 Å². The fourth-order valence-corrected chi connectivity index (χ4v) is 2.39. The number of allylic oxidation sites excluding steroid dienone is 2. The lowest BCUT2D eigenvalue weighted by molar-refractivity contribution is -0.140. The van der Waals surface area contributed by atoms with E-state index in [0.29, 0.717) is 0 Å². The number of carboxylic acid groups (broad SMARTS) is 2. The van der Waals surface area contributed by atoms with E-state index in [1.54, 1.807) is 13.0 Å². The molecule has 0 aromatic carbocycles. The van der Waals surface area contributed by atoms with E-state index >= 15 is 0 Å². The molecule has 0 heterocycles. The zero-order valence-electron chi connectivity index (χ0n) is 9.31. The van der Waals surface area contributed by atoms with Crippen LogP contribution in [0.15, 0.2) is 23.3 Å². The highest BCUT2D eigenvalue weighted by Gasteiger charge is 2.47. The van der Waals surface area contributed by atoms with Gasteiger partial charge in [-0.15, -0.1) is 11.6 Å². The smallest absolute Gasteiger partial charge is 0.332 e. The Kier molecular flexibility index (Phi) is 2.78. The summed E-state index contributed by atoms with van der Waals surface area (Å²) in [5.41, 5.74) is 0.884.